The Balaban J connectivity index is 2.99. The molecule has 0 aliphatic carbocycles. The van der Waals surface area contributed by atoms with Gasteiger partial charge in [0.15, 0.2) is 0 Å². The van der Waals surface area contributed by atoms with Crippen molar-refractivity contribution in [2.45, 2.75) is 84.7 Å². The molecule has 1 N–H and O–H groups in total. The summed E-state index contributed by atoms with van der Waals surface area (Å²) in [6, 6.07) is 0.300. The number of nitrogens with one attached hydrogen (secondary N) is 1. The molecule has 1 aliphatic heterocycles. The first-order chi connectivity index (χ1) is 8.56. The van der Waals surface area contributed by atoms with Crippen LogP contribution in [-0.4, -0.2) is 36.0 Å². The van der Waals surface area contributed by atoms with Crippen molar-refractivity contribution >= 4 is 0 Å². The number of rotatable bonds is 6. The van der Waals surface area contributed by atoms with Gasteiger partial charge in [0, 0.05) is 18.6 Å². The molecule has 1 rings (SSSR count). The van der Waals surface area contributed by atoms with E-state index in [1.165, 1.54) is 0 Å². The summed E-state index contributed by atoms with van der Waals surface area (Å²) in [4.78, 5) is 0. The van der Waals surface area contributed by atoms with Gasteiger partial charge in [-0.15, -0.1) is 0 Å². The Morgan fingerprint density at radius 3 is 2.21 bits per heavy atom. The highest BCUT2D eigenvalue weighted by Crippen LogP contribution is 2.45. The van der Waals surface area contributed by atoms with Crippen LogP contribution in [0, 0.1) is 5.92 Å². The van der Waals surface area contributed by atoms with Crippen LogP contribution in [0.3, 0.4) is 0 Å². The molecule has 0 aromatic carbocycles. The van der Waals surface area contributed by atoms with Crippen molar-refractivity contribution < 1.29 is 9.47 Å². The highest BCUT2D eigenvalue weighted by molar-refractivity contribution is 5.04. The molecule has 0 aromatic heterocycles. The van der Waals surface area contributed by atoms with Gasteiger partial charge in [0.25, 0.3) is 0 Å². The molecule has 1 heterocycles. The average molecular weight is 271 g/mol. The lowest BCUT2D eigenvalue weighted by Gasteiger charge is -2.42. The molecule has 0 bridgehead atoms. The van der Waals surface area contributed by atoms with E-state index in [-0.39, 0.29) is 16.8 Å². The maximum atomic E-state index is 6.25. The van der Waals surface area contributed by atoms with Crippen molar-refractivity contribution in [3.63, 3.8) is 0 Å². The second kappa shape index (κ2) is 5.71. The van der Waals surface area contributed by atoms with Crippen LogP contribution in [0.4, 0.5) is 0 Å². The van der Waals surface area contributed by atoms with E-state index in [4.69, 9.17) is 9.47 Å². The highest BCUT2D eigenvalue weighted by Gasteiger charge is 2.52. The zero-order valence-electron chi connectivity index (χ0n) is 14.1. The van der Waals surface area contributed by atoms with E-state index in [1.807, 2.05) is 0 Å². The maximum Gasteiger partial charge on any atom is 0.0782 e. The van der Waals surface area contributed by atoms with Crippen molar-refractivity contribution in [3.05, 3.63) is 0 Å². The fraction of sp³-hybridized carbons (Fsp3) is 1.00. The van der Waals surface area contributed by atoms with Gasteiger partial charge in [-0.05, 0) is 61.4 Å². The first-order valence-corrected chi connectivity index (χ1v) is 7.63. The van der Waals surface area contributed by atoms with Crippen molar-refractivity contribution in [2.75, 3.05) is 13.2 Å². The van der Waals surface area contributed by atoms with Crippen LogP contribution in [0.5, 0.6) is 0 Å². The normalized spacial score (nSPS) is 27.5. The predicted octanol–water partition coefficient (Wildman–Crippen LogP) is 3.37. The molecule has 0 radical (unpaired) electrons. The van der Waals surface area contributed by atoms with E-state index >= 15 is 0 Å². The van der Waals surface area contributed by atoms with Crippen LogP contribution in [0.2, 0.25) is 0 Å². The van der Waals surface area contributed by atoms with Crippen LogP contribution in [0.15, 0.2) is 0 Å². The SMILES string of the molecule is CCNC(C1CC(C)(C)OC1(C)C)C(C)(C)OCC. The highest BCUT2D eigenvalue weighted by atomic mass is 16.5. The Morgan fingerprint density at radius 1 is 1.26 bits per heavy atom. The van der Waals surface area contributed by atoms with Gasteiger partial charge in [-0.1, -0.05) is 6.92 Å². The van der Waals surface area contributed by atoms with Gasteiger partial charge in [-0.25, -0.2) is 0 Å². The summed E-state index contributed by atoms with van der Waals surface area (Å²) >= 11 is 0. The fourth-order valence-corrected chi connectivity index (χ4v) is 3.68. The first-order valence-electron chi connectivity index (χ1n) is 7.63. The van der Waals surface area contributed by atoms with Crippen LogP contribution in [-0.2, 0) is 9.47 Å². The second-order valence-corrected chi connectivity index (χ2v) is 7.35. The summed E-state index contributed by atoms with van der Waals surface area (Å²) in [5.74, 6) is 0.448. The second-order valence-electron chi connectivity index (χ2n) is 7.35. The molecular weight excluding hydrogens is 238 g/mol. The van der Waals surface area contributed by atoms with Gasteiger partial charge in [0.05, 0.1) is 16.8 Å². The van der Waals surface area contributed by atoms with Crippen molar-refractivity contribution in [3.8, 4) is 0 Å². The molecule has 3 nitrogen and oxygen atoms in total. The average Bonchev–Trinajstić information content (AvgIpc) is 2.42. The topological polar surface area (TPSA) is 30.5 Å². The van der Waals surface area contributed by atoms with Crippen LogP contribution in [0.1, 0.15) is 61.8 Å². The van der Waals surface area contributed by atoms with Crippen LogP contribution >= 0.6 is 0 Å². The molecule has 1 aliphatic rings. The molecule has 0 spiro atoms. The minimum atomic E-state index is -0.184. The first kappa shape index (κ1) is 16.9. The molecule has 0 aromatic rings. The Morgan fingerprint density at radius 2 is 1.84 bits per heavy atom. The van der Waals surface area contributed by atoms with E-state index in [2.05, 4.69) is 60.7 Å². The zero-order chi connectivity index (χ0) is 14.9. The lowest BCUT2D eigenvalue weighted by atomic mass is 9.75. The van der Waals surface area contributed by atoms with Crippen LogP contribution < -0.4 is 5.32 Å². The summed E-state index contributed by atoms with van der Waals surface area (Å²) in [5, 5.41) is 3.64. The van der Waals surface area contributed by atoms with Gasteiger partial charge < -0.3 is 14.8 Å². The van der Waals surface area contributed by atoms with Gasteiger partial charge in [0.1, 0.15) is 0 Å². The Kier molecular flexibility index (Phi) is 5.09. The number of hydrogen-bond acceptors (Lipinski definition) is 3. The maximum absolute atomic E-state index is 6.25. The monoisotopic (exact) mass is 271 g/mol. The van der Waals surface area contributed by atoms with Gasteiger partial charge in [-0.2, -0.15) is 0 Å². The van der Waals surface area contributed by atoms with E-state index in [1.54, 1.807) is 0 Å². The Labute approximate surface area is 119 Å². The number of likely N-dealkylation sites (N-methyl/N-ethyl adjacent to an activating group) is 1. The minimum absolute atomic E-state index is 0.0515. The fourth-order valence-electron chi connectivity index (χ4n) is 3.68. The quantitative estimate of drug-likeness (QED) is 0.803. The molecular formula is C16H33NO2. The molecule has 0 saturated carbocycles. The Hall–Kier alpha value is -0.120. The summed E-state index contributed by atoms with van der Waals surface area (Å²) in [5.41, 5.74) is -0.356. The molecule has 2 unspecified atom stereocenters. The summed E-state index contributed by atoms with van der Waals surface area (Å²) in [6.45, 7) is 19.1. The van der Waals surface area contributed by atoms with Crippen molar-refractivity contribution in [2.24, 2.45) is 5.92 Å². The third-order valence-corrected chi connectivity index (χ3v) is 4.24. The van der Waals surface area contributed by atoms with Crippen LogP contribution in [0.25, 0.3) is 0 Å². The zero-order valence-corrected chi connectivity index (χ0v) is 14.1. The smallest absolute Gasteiger partial charge is 0.0782 e. The van der Waals surface area contributed by atoms with Crippen molar-refractivity contribution in [1.29, 1.82) is 0 Å². The molecule has 1 saturated heterocycles. The predicted molar refractivity (Wildman–Crippen MR) is 80.5 cm³/mol. The molecule has 3 heteroatoms. The van der Waals surface area contributed by atoms with Gasteiger partial charge in [0.2, 0.25) is 0 Å². The van der Waals surface area contributed by atoms with Gasteiger partial charge in [-0.3, -0.25) is 0 Å². The largest absolute Gasteiger partial charge is 0.374 e. The lowest BCUT2D eigenvalue weighted by molar-refractivity contribution is -0.101. The third-order valence-electron chi connectivity index (χ3n) is 4.24. The number of hydrogen-bond donors (Lipinski definition) is 1. The van der Waals surface area contributed by atoms with Crippen molar-refractivity contribution in [1.82, 2.24) is 5.32 Å². The van der Waals surface area contributed by atoms with E-state index in [0.717, 1.165) is 19.6 Å². The van der Waals surface area contributed by atoms with E-state index < -0.39 is 0 Å². The minimum Gasteiger partial charge on any atom is -0.374 e. The standard InChI is InChI=1S/C16H33NO2/c1-9-17-13(16(7,8)18-10-2)12-11-14(3,4)19-15(12,5)6/h12-13,17H,9-11H2,1-8H3. The lowest BCUT2D eigenvalue weighted by Crippen LogP contribution is -2.56. The van der Waals surface area contributed by atoms with Gasteiger partial charge >= 0.3 is 0 Å². The number of ether oxygens (including phenoxy) is 2. The summed E-state index contributed by atoms with van der Waals surface area (Å²) in [7, 11) is 0. The summed E-state index contributed by atoms with van der Waals surface area (Å²) < 4.78 is 12.3. The summed E-state index contributed by atoms with van der Waals surface area (Å²) in [6.07, 6.45) is 1.06. The molecule has 0 amide bonds. The van der Waals surface area contributed by atoms with E-state index in [9.17, 15) is 0 Å². The molecule has 114 valence electrons. The Bertz CT molecular complexity index is 297. The molecule has 1 fully saturated rings. The molecule has 2 atom stereocenters. The molecule has 19 heavy (non-hydrogen) atoms. The third kappa shape index (κ3) is 3.93. The van der Waals surface area contributed by atoms with E-state index in [0.29, 0.717) is 12.0 Å².